The monoisotopic (exact) mass is 652 g/mol. The van der Waals surface area contributed by atoms with Crippen LogP contribution in [0.3, 0.4) is 0 Å². The van der Waals surface area contributed by atoms with E-state index in [2.05, 4.69) is 155 Å². The molecule has 0 bridgehead atoms. The first-order valence-electron chi connectivity index (χ1n) is 17.2. The van der Waals surface area contributed by atoms with Crippen LogP contribution >= 0.6 is 0 Å². The van der Waals surface area contributed by atoms with Gasteiger partial charge in [0.15, 0.2) is 0 Å². The SMILES string of the molecule is c1ccc(-c2cc(-c3ccccc3)nc(-n3c4cc5oc6ccccc6c5cc4c4c3ccc3c5ccccc5n(-c5ccccc5)c34)n2)cc1. The fourth-order valence-corrected chi connectivity index (χ4v) is 7.88. The van der Waals surface area contributed by atoms with E-state index in [1.165, 1.54) is 10.8 Å². The zero-order valence-corrected chi connectivity index (χ0v) is 27.4. The van der Waals surface area contributed by atoms with Crippen molar-refractivity contribution < 1.29 is 4.42 Å². The van der Waals surface area contributed by atoms with Gasteiger partial charge in [-0.15, -0.1) is 0 Å². The van der Waals surface area contributed by atoms with Crippen molar-refractivity contribution in [2.24, 2.45) is 0 Å². The first-order valence-corrected chi connectivity index (χ1v) is 17.2. The maximum absolute atomic E-state index is 6.50. The van der Waals surface area contributed by atoms with E-state index in [4.69, 9.17) is 14.4 Å². The van der Waals surface area contributed by atoms with E-state index < -0.39 is 0 Å². The van der Waals surface area contributed by atoms with Gasteiger partial charge in [0, 0.05) is 55.2 Å². The number of fused-ring (bicyclic) bond motifs is 10. The normalized spacial score (nSPS) is 11.9. The Bertz CT molecular complexity index is 3060. The van der Waals surface area contributed by atoms with Crippen molar-refractivity contribution in [1.29, 1.82) is 0 Å². The Hall–Kier alpha value is -6.98. The molecule has 11 rings (SSSR count). The Morgan fingerprint density at radius 2 is 1.02 bits per heavy atom. The molecule has 4 heterocycles. The zero-order chi connectivity index (χ0) is 33.5. The van der Waals surface area contributed by atoms with E-state index in [0.29, 0.717) is 5.95 Å². The molecule has 11 aromatic rings. The largest absolute Gasteiger partial charge is 0.456 e. The van der Waals surface area contributed by atoms with Crippen LogP contribution in [0.2, 0.25) is 0 Å². The molecule has 51 heavy (non-hydrogen) atoms. The molecule has 0 amide bonds. The molecule has 4 aromatic heterocycles. The van der Waals surface area contributed by atoms with Crippen LogP contribution in [0.4, 0.5) is 0 Å². The lowest BCUT2D eigenvalue weighted by Gasteiger charge is -2.12. The summed E-state index contributed by atoms with van der Waals surface area (Å²) < 4.78 is 11.1. The average Bonchev–Trinajstić information content (AvgIpc) is 3.85. The van der Waals surface area contributed by atoms with Crippen LogP contribution in [0.1, 0.15) is 0 Å². The van der Waals surface area contributed by atoms with Gasteiger partial charge in [-0.1, -0.05) is 121 Å². The van der Waals surface area contributed by atoms with Crippen LogP contribution in [-0.4, -0.2) is 19.1 Å². The standard InChI is InChI=1S/C46H28N4O/c1-4-14-29(15-5-1)37-27-38(30-16-6-2-7-17-30)48-46(47-37)50-40-25-24-34-32-20-10-12-22-39(32)49(31-18-8-3-9-19-31)45(34)44(40)36-26-35-33-21-11-13-23-42(33)51-43(35)28-41(36)50/h1-28H. The molecule has 0 saturated heterocycles. The van der Waals surface area contributed by atoms with E-state index in [0.717, 1.165) is 83.0 Å². The van der Waals surface area contributed by atoms with Gasteiger partial charge in [0.05, 0.1) is 33.5 Å². The van der Waals surface area contributed by atoms with Crippen molar-refractivity contribution in [3.8, 4) is 34.2 Å². The minimum Gasteiger partial charge on any atom is -0.456 e. The van der Waals surface area contributed by atoms with Gasteiger partial charge >= 0.3 is 0 Å². The molecule has 0 spiro atoms. The summed E-state index contributed by atoms with van der Waals surface area (Å²) in [7, 11) is 0. The molecule has 0 unspecified atom stereocenters. The van der Waals surface area contributed by atoms with E-state index in [9.17, 15) is 0 Å². The second kappa shape index (κ2) is 10.8. The number of para-hydroxylation sites is 3. The van der Waals surface area contributed by atoms with Crippen LogP contribution in [0.5, 0.6) is 0 Å². The molecular formula is C46H28N4O. The Morgan fingerprint density at radius 1 is 0.392 bits per heavy atom. The minimum absolute atomic E-state index is 0.604. The van der Waals surface area contributed by atoms with E-state index >= 15 is 0 Å². The highest BCUT2D eigenvalue weighted by Gasteiger charge is 2.24. The topological polar surface area (TPSA) is 48.8 Å². The molecule has 5 nitrogen and oxygen atoms in total. The highest BCUT2D eigenvalue weighted by Crippen LogP contribution is 2.44. The summed E-state index contributed by atoms with van der Waals surface area (Å²) in [6, 6.07) is 59.4. The molecule has 0 fully saturated rings. The van der Waals surface area contributed by atoms with Gasteiger partial charge < -0.3 is 8.98 Å². The lowest BCUT2D eigenvalue weighted by molar-refractivity contribution is 0.669. The van der Waals surface area contributed by atoms with Gasteiger partial charge in [-0.05, 0) is 42.5 Å². The third-order valence-electron chi connectivity index (χ3n) is 10.1. The van der Waals surface area contributed by atoms with Crippen LogP contribution in [-0.2, 0) is 0 Å². The maximum Gasteiger partial charge on any atom is 0.235 e. The molecule has 0 aliphatic heterocycles. The summed E-state index contributed by atoms with van der Waals surface area (Å²) in [6.45, 7) is 0. The third kappa shape index (κ3) is 4.15. The van der Waals surface area contributed by atoms with Crippen LogP contribution in [0.25, 0.3) is 99.7 Å². The van der Waals surface area contributed by atoms with Gasteiger partial charge in [-0.2, -0.15) is 0 Å². The van der Waals surface area contributed by atoms with E-state index in [1.54, 1.807) is 0 Å². The van der Waals surface area contributed by atoms with Crippen molar-refractivity contribution in [2.75, 3.05) is 0 Å². The summed E-state index contributed by atoms with van der Waals surface area (Å²) in [5.74, 6) is 0.604. The smallest absolute Gasteiger partial charge is 0.235 e. The molecule has 0 saturated carbocycles. The minimum atomic E-state index is 0.604. The predicted molar refractivity (Wildman–Crippen MR) is 209 cm³/mol. The van der Waals surface area contributed by atoms with Crippen molar-refractivity contribution in [1.82, 2.24) is 19.1 Å². The third-order valence-corrected chi connectivity index (χ3v) is 10.1. The molecule has 0 aliphatic carbocycles. The number of hydrogen-bond acceptors (Lipinski definition) is 3. The number of benzene rings is 7. The Labute approximate surface area is 292 Å². The van der Waals surface area contributed by atoms with Crippen molar-refractivity contribution >= 4 is 65.6 Å². The summed E-state index contributed by atoms with van der Waals surface area (Å²) in [4.78, 5) is 10.6. The van der Waals surface area contributed by atoms with Crippen LogP contribution in [0, 0.1) is 0 Å². The fourth-order valence-electron chi connectivity index (χ4n) is 7.88. The molecule has 0 N–H and O–H groups in total. The molecular weight excluding hydrogens is 625 g/mol. The molecule has 0 aliphatic rings. The van der Waals surface area contributed by atoms with Gasteiger partial charge in [0.2, 0.25) is 5.95 Å². The second-order valence-electron chi connectivity index (χ2n) is 13.0. The number of furan rings is 1. The van der Waals surface area contributed by atoms with E-state index in [1.807, 2.05) is 24.3 Å². The first-order chi connectivity index (χ1) is 25.3. The average molecular weight is 653 g/mol. The van der Waals surface area contributed by atoms with Crippen molar-refractivity contribution in [2.45, 2.75) is 0 Å². The summed E-state index contributed by atoms with van der Waals surface area (Å²) >= 11 is 0. The van der Waals surface area contributed by atoms with Gasteiger partial charge in [0.25, 0.3) is 0 Å². The fraction of sp³-hybridized carbons (Fsp3) is 0. The Morgan fingerprint density at radius 3 is 1.75 bits per heavy atom. The number of hydrogen-bond donors (Lipinski definition) is 0. The molecule has 238 valence electrons. The van der Waals surface area contributed by atoms with E-state index in [-0.39, 0.29) is 0 Å². The highest BCUT2D eigenvalue weighted by molar-refractivity contribution is 6.28. The summed E-state index contributed by atoms with van der Waals surface area (Å²) in [5.41, 5.74) is 10.9. The predicted octanol–water partition coefficient (Wildman–Crippen LogP) is 11.9. The van der Waals surface area contributed by atoms with Crippen molar-refractivity contribution in [3.05, 3.63) is 170 Å². The number of aromatic nitrogens is 4. The lowest BCUT2D eigenvalue weighted by Crippen LogP contribution is -2.04. The quantitative estimate of drug-likeness (QED) is 0.190. The zero-order valence-electron chi connectivity index (χ0n) is 27.4. The van der Waals surface area contributed by atoms with Crippen LogP contribution in [0.15, 0.2) is 174 Å². The molecule has 0 radical (unpaired) electrons. The van der Waals surface area contributed by atoms with Crippen LogP contribution < -0.4 is 0 Å². The second-order valence-corrected chi connectivity index (χ2v) is 13.0. The first kappa shape index (κ1) is 27.9. The Kier molecular flexibility index (Phi) is 5.89. The number of rotatable bonds is 4. The van der Waals surface area contributed by atoms with Crippen molar-refractivity contribution in [3.63, 3.8) is 0 Å². The molecule has 7 aromatic carbocycles. The highest BCUT2D eigenvalue weighted by atomic mass is 16.3. The summed E-state index contributed by atoms with van der Waals surface area (Å²) in [5, 5.41) is 6.85. The lowest BCUT2D eigenvalue weighted by atomic mass is 10.1. The van der Waals surface area contributed by atoms with Gasteiger partial charge in [0.1, 0.15) is 11.2 Å². The number of nitrogens with zero attached hydrogens (tertiary/aromatic N) is 4. The Balaban J connectivity index is 1.34. The summed E-state index contributed by atoms with van der Waals surface area (Å²) in [6.07, 6.45) is 0. The van der Waals surface area contributed by atoms with Gasteiger partial charge in [-0.3, -0.25) is 4.57 Å². The molecule has 5 heteroatoms. The maximum atomic E-state index is 6.50. The molecule has 0 atom stereocenters. The van der Waals surface area contributed by atoms with Gasteiger partial charge in [-0.25, -0.2) is 9.97 Å².